The van der Waals surface area contributed by atoms with Crippen LogP contribution in [0.1, 0.15) is 41.5 Å². The van der Waals surface area contributed by atoms with Crippen LogP contribution in [0.2, 0.25) is 0 Å². The Morgan fingerprint density at radius 1 is 1.16 bits per heavy atom. The minimum Gasteiger partial charge on any atom is -0.497 e. The lowest BCUT2D eigenvalue weighted by Crippen LogP contribution is -2.45. The van der Waals surface area contributed by atoms with E-state index in [-0.39, 0.29) is 17.9 Å². The molecule has 0 aliphatic carbocycles. The van der Waals surface area contributed by atoms with Crippen molar-refractivity contribution in [3.8, 4) is 5.75 Å². The largest absolute Gasteiger partial charge is 0.497 e. The fourth-order valence-electron chi connectivity index (χ4n) is 2.32. The first-order valence-corrected chi connectivity index (χ1v) is 9.56. The van der Waals surface area contributed by atoms with Gasteiger partial charge in [-0.3, -0.25) is 9.59 Å². The Morgan fingerprint density at radius 3 is 2.36 bits per heavy atom. The first-order valence-electron chi connectivity index (χ1n) is 7.95. The van der Waals surface area contributed by atoms with Crippen molar-refractivity contribution in [1.82, 2.24) is 10.6 Å². The Kier molecular flexibility index (Phi) is 7.01. The normalized spacial score (nSPS) is 13.0. The monoisotopic (exact) mass is 424 g/mol. The summed E-state index contributed by atoms with van der Waals surface area (Å²) in [7, 11) is 1.62. The van der Waals surface area contributed by atoms with Crippen LogP contribution in [0.15, 0.2) is 40.2 Å². The zero-order chi connectivity index (χ0) is 18.4. The summed E-state index contributed by atoms with van der Waals surface area (Å²) in [6.45, 7) is 3.68. The van der Waals surface area contributed by atoms with Gasteiger partial charge in [0.25, 0.3) is 5.91 Å². The number of benzene rings is 1. The maximum atomic E-state index is 12.4. The molecule has 0 aliphatic rings. The highest BCUT2D eigenvalue weighted by Crippen LogP contribution is 2.22. The zero-order valence-electron chi connectivity index (χ0n) is 14.3. The molecule has 2 unspecified atom stereocenters. The Morgan fingerprint density at radius 2 is 1.84 bits per heavy atom. The smallest absolute Gasteiger partial charge is 0.262 e. The Labute approximate surface area is 159 Å². The summed E-state index contributed by atoms with van der Waals surface area (Å²) >= 11 is 4.65. The van der Waals surface area contributed by atoms with Gasteiger partial charge in [0.1, 0.15) is 11.8 Å². The van der Waals surface area contributed by atoms with Gasteiger partial charge in [-0.2, -0.15) is 0 Å². The van der Waals surface area contributed by atoms with Crippen LogP contribution in [-0.2, 0) is 4.79 Å². The SMILES string of the molecule is CCC(NC(=O)C(C)NC(=O)c1ccc(Br)s1)c1ccc(OC)cc1. The van der Waals surface area contributed by atoms with Gasteiger partial charge < -0.3 is 15.4 Å². The lowest BCUT2D eigenvalue weighted by Gasteiger charge is -2.21. The molecule has 0 saturated heterocycles. The summed E-state index contributed by atoms with van der Waals surface area (Å²) < 4.78 is 6.03. The van der Waals surface area contributed by atoms with Crippen LogP contribution in [0, 0.1) is 0 Å². The molecule has 0 fully saturated rings. The van der Waals surface area contributed by atoms with Gasteiger partial charge in [-0.05, 0) is 59.1 Å². The molecular formula is C18H21BrN2O3S. The number of hydrogen-bond acceptors (Lipinski definition) is 4. The van der Waals surface area contributed by atoms with Crippen molar-refractivity contribution in [2.24, 2.45) is 0 Å². The summed E-state index contributed by atoms with van der Waals surface area (Å²) in [4.78, 5) is 25.1. The molecule has 2 atom stereocenters. The van der Waals surface area contributed by atoms with Gasteiger partial charge in [0, 0.05) is 0 Å². The van der Waals surface area contributed by atoms with Crippen molar-refractivity contribution in [1.29, 1.82) is 0 Å². The number of amides is 2. The molecule has 1 heterocycles. The van der Waals surface area contributed by atoms with Crippen molar-refractivity contribution in [2.45, 2.75) is 32.4 Å². The van der Waals surface area contributed by atoms with Crippen LogP contribution in [0.25, 0.3) is 0 Å². The number of thiophene rings is 1. The molecule has 0 radical (unpaired) electrons. The second-order valence-corrected chi connectivity index (χ2v) is 8.00. The molecule has 5 nitrogen and oxygen atoms in total. The van der Waals surface area contributed by atoms with E-state index in [1.54, 1.807) is 26.2 Å². The Hall–Kier alpha value is -1.86. The molecule has 0 bridgehead atoms. The van der Waals surface area contributed by atoms with Crippen LogP contribution in [0.4, 0.5) is 0 Å². The fourth-order valence-corrected chi connectivity index (χ4v) is 3.61. The van der Waals surface area contributed by atoms with Gasteiger partial charge in [0.2, 0.25) is 5.91 Å². The number of methoxy groups -OCH3 is 1. The van der Waals surface area contributed by atoms with E-state index in [1.165, 1.54) is 11.3 Å². The average Bonchev–Trinajstić information content (AvgIpc) is 3.06. The van der Waals surface area contributed by atoms with E-state index < -0.39 is 6.04 Å². The molecule has 0 aliphatic heterocycles. The lowest BCUT2D eigenvalue weighted by molar-refractivity contribution is -0.123. The number of carbonyl (C=O) groups is 2. The highest BCUT2D eigenvalue weighted by molar-refractivity contribution is 9.11. The summed E-state index contributed by atoms with van der Waals surface area (Å²) in [6, 6.07) is 10.4. The van der Waals surface area contributed by atoms with Gasteiger partial charge in [-0.25, -0.2) is 0 Å². The van der Waals surface area contributed by atoms with Crippen LogP contribution >= 0.6 is 27.3 Å². The van der Waals surface area contributed by atoms with Crippen LogP contribution in [0.5, 0.6) is 5.75 Å². The predicted molar refractivity (Wildman–Crippen MR) is 103 cm³/mol. The maximum Gasteiger partial charge on any atom is 0.262 e. The number of nitrogens with one attached hydrogen (secondary N) is 2. The molecule has 2 amide bonds. The average molecular weight is 425 g/mol. The Balaban J connectivity index is 1.96. The molecule has 2 rings (SSSR count). The molecule has 1 aromatic carbocycles. The predicted octanol–water partition coefficient (Wildman–Crippen LogP) is 3.91. The van der Waals surface area contributed by atoms with E-state index in [0.29, 0.717) is 4.88 Å². The summed E-state index contributed by atoms with van der Waals surface area (Å²) in [6.07, 6.45) is 0.747. The summed E-state index contributed by atoms with van der Waals surface area (Å²) in [5.41, 5.74) is 0.998. The lowest BCUT2D eigenvalue weighted by atomic mass is 10.0. The maximum absolute atomic E-state index is 12.4. The zero-order valence-corrected chi connectivity index (χ0v) is 16.7. The van der Waals surface area contributed by atoms with E-state index in [9.17, 15) is 9.59 Å². The molecule has 25 heavy (non-hydrogen) atoms. The highest BCUT2D eigenvalue weighted by atomic mass is 79.9. The van der Waals surface area contributed by atoms with Gasteiger partial charge in [0.15, 0.2) is 0 Å². The van der Waals surface area contributed by atoms with Gasteiger partial charge in [-0.15, -0.1) is 11.3 Å². The third-order valence-corrected chi connectivity index (χ3v) is 5.40. The van der Waals surface area contributed by atoms with Crippen molar-refractivity contribution in [3.05, 3.63) is 50.6 Å². The standard InChI is InChI=1S/C18H21BrN2O3S/c1-4-14(12-5-7-13(24-3)8-6-12)21-17(22)11(2)20-18(23)15-9-10-16(19)25-15/h5-11,14H,4H2,1-3H3,(H,20,23)(H,21,22). The first-order chi connectivity index (χ1) is 11.9. The summed E-state index contributed by atoms with van der Waals surface area (Å²) in [5, 5.41) is 5.71. The van der Waals surface area contributed by atoms with E-state index in [4.69, 9.17) is 4.74 Å². The highest BCUT2D eigenvalue weighted by Gasteiger charge is 2.20. The molecule has 2 aromatic rings. The second-order valence-electron chi connectivity index (χ2n) is 5.54. The minimum atomic E-state index is -0.624. The number of rotatable bonds is 7. The molecule has 1 aromatic heterocycles. The van der Waals surface area contributed by atoms with Crippen LogP contribution < -0.4 is 15.4 Å². The molecule has 2 N–H and O–H groups in total. The molecule has 0 saturated carbocycles. The molecule has 134 valence electrons. The van der Waals surface area contributed by atoms with E-state index in [2.05, 4.69) is 26.6 Å². The van der Waals surface area contributed by atoms with E-state index >= 15 is 0 Å². The van der Waals surface area contributed by atoms with Crippen LogP contribution in [-0.4, -0.2) is 25.0 Å². The molecule has 7 heteroatoms. The summed E-state index contributed by atoms with van der Waals surface area (Å²) in [5.74, 6) is 0.301. The van der Waals surface area contributed by atoms with Gasteiger partial charge in [-0.1, -0.05) is 19.1 Å². The van der Waals surface area contributed by atoms with Gasteiger partial charge >= 0.3 is 0 Å². The number of hydrogen-bond donors (Lipinski definition) is 2. The molecule has 0 spiro atoms. The van der Waals surface area contributed by atoms with E-state index in [0.717, 1.165) is 21.5 Å². The molecular weight excluding hydrogens is 404 g/mol. The van der Waals surface area contributed by atoms with Gasteiger partial charge in [0.05, 0.1) is 21.8 Å². The van der Waals surface area contributed by atoms with Crippen molar-refractivity contribution in [2.75, 3.05) is 7.11 Å². The van der Waals surface area contributed by atoms with Crippen molar-refractivity contribution < 1.29 is 14.3 Å². The first kappa shape index (κ1) is 19.5. The van der Waals surface area contributed by atoms with Crippen molar-refractivity contribution in [3.63, 3.8) is 0 Å². The second kappa shape index (κ2) is 9.01. The minimum absolute atomic E-state index is 0.117. The Bertz CT molecular complexity index is 730. The third-order valence-electron chi connectivity index (χ3n) is 3.78. The number of halogens is 1. The topological polar surface area (TPSA) is 67.4 Å². The number of carbonyl (C=O) groups excluding carboxylic acids is 2. The van der Waals surface area contributed by atoms with Crippen LogP contribution in [0.3, 0.4) is 0 Å². The van der Waals surface area contributed by atoms with E-state index in [1.807, 2.05) is 31.2 Å². The number of ether oxygens (including phenoxy) is 1. The quantitative estimate of drug-likeness (QED) is 0.707. The fraction of sp³-hybridized carbons (Fsp3) is 0.333. The van der Waals surface area contributed by atoms with Crippen molar-refractivity contribution >= 4 is 39.1 Å². The third kappa shape index (κ3) is 5.31.